The molecule has 1 unspecified atom stereocenters. The Bertz CT molecular complexity index is 690. The van der Waals surface area contributed by atoms with E-state index in [9.17, 15) is 4.79 Å². The highest BCUT2D eigenvalue weighted by Crippen LogP contribution is 2.25. The molecule has 3 rings (SSSR count). The highest BCUT2D eigenvalue weighted by molar-refractivity contribution is 5.94. The lowest BCUT2D eigenvalue weighted by atomic mass is 9.88. The van der Waals surface area contributed by atoms with Crippen LogP contribution >= 0.6 is 0 Å². The van der Waals surface area contributed by atoms with Crippen LogP contribution in [0.5, 0.6) is 0 Å². The van der Waals surface area contributed by atoms with Crippen molar-refractivity contribution in [3.05, 3.63) is 29.6 Å². The highest BCUT2D eigenvalue weighted by Gasteiger charge is 2.28. The number of hydrogen-bond donors (Lipinski definition) is 3. The second kappa shape index (κ2) is 5.88. The summed E-state index contributed by atoms with van der Waals surface area (Å²) in [5.41, 5.74) is 2.75. The largest absolute Gasteiger partial charge is 0.326 e. The standard InChI is InChI=1S/C16H21N5O/c1-9-4-5-12(15-18-11(3)20-21-15)6-14(9)19-16(22)10(2)13-7-17-8-13/h4-6,10,13,17H,7-8H2,1-3H3,(H,19,22)(H,18,20,21). The van der Waals surface area contributed by atoms with E-state index in [1.807, 2.05) is 39.0 Å². The van der Waals surface area contributed by atoms with Crippen LogP contribution in [0.25, 0.3) is 11.4 Å². The first-order valence-electron chi connectivity index (χ1n) is 7.56. The van der Waals surface area contributed by atoms with Gasteiger partial charge in [0.1, 0.15) is 5.82 Å². The normalized spacial score (nSPS) is 16.1. The van der Waals surface area contributed by atoms with Gasteiger partial charge in [0.15, 0.2) is 5.82 Å². The minimum absolute atomic E-state index is 0.00931. The van der Waals surface area contributed by atoms with Crippen LogP contribution in [0.15, 0.2) is 18.2 Å². The van der Waals surface area contributed by atoms with Gasteiger partial charge in [-0.1, -0.05) is 19.1 Å². The third-order valence-electron chi connectivity index (χ3n) is 4.28. The van der Waals surface area contributed by atoms with Crippen LogP contribution in [0.4, 0.5) is 5.69 Å². The van der Waals surface area contributed by atoms with Crippen molar-refractivity contribution in [1.29, 1.82) is 0 Å². The lowest BCUT2D eigenvalue weighted by molar-refractivity contribution is -0.121. The molecule has 0 radical (unpaired) electrons. The number of nitrogens with zero attached hydrogens (tertiary/aromatic N) is 2. The van der Waals surface area contributed by atoms with Gasteiger partial charge in [-0.05, 0) is 44.5 Å². The monoisotopic (exact) mass is 299 g/mol. The van der Waals surface area contributed by atoms with Gasteiger partial charge in [0, 0.05) is 17.2 Å². The highest BCUT2D eigenvalue weighted by atomic mass is 16.1. The molecule has 0 spiro atoms. The van der Waals surface area contributed by atoms with Crippen molar-refractivity contribution in [2.45, 2.75) is 20.8 Å². The zero-order chi connectivity index (χ0) is 15.7. The number of rotatable bonds is 4. The molecule has 6 heteroatoms. The summed E-state index contributed by atoms with van der Waals surface area (Å²) in [6, 6.07) is 5.88. The summed E-state index contributed by atoms with van der Waals surface area (Å²) >= 11 is 0. The molecule has 1 aliphatic rings. The van der Waals surface area contributed by atoms with E-state index in [1.54, 1.807) is 0 Å². The van der Waals surface area contributed by atoms with Crippen molar-refractivity contribution in [1.82, 2.24) is 20.5 Å². The minimum Gasteiger partial charge on any atom is -0.326 e. The zero-order valence-electron chi connectivity index (χ0n) is 13.1. The Kier molecular flexibility index (Phi) is 3.94. The fourth-order valence-corrected chi connectivity index (χ4v) is 2.49. The van der Waals surface area contributed by atoms with Gasteiger partial charge in [0.25, 0.3) is 0 Å². The van der Waals surface area contributed by atoms with Gasteiger partial charge in [-0.2, -0.15) is 5.10 Å². The molecule has 1 fully saturated rings. The summed E-state index contributed by atoms with van der Waals surface area (Å²) in [5, 5.41) is 13.2. The Balaban J connectivity index is 1.79. The first-order valence-corrected chi connectivity index (χ1v) is 7.56. The van der Waals surface area contributed by atoms with E-state index in [-0.39, 0.29) is 11.8 Å². The number of carbonyl (C=O) groups is 1. The molecule has 1 aromatic carbocycles. The molecule has 1 amide bonds. The summed E-state index contributed by atoms with van der Waals surface area (Å²) < 4.78 is 0. The zero-order valence-corrected chi connectivity index (χ0v) is 13.1. The smallest absolute Gasteiger partial charge is 0.227 e. The number of amides is 1. The Hall–Kier alpha value is -2.21. The molecule has 22 heavy (non-hydrogen) atoms. The van der Waals surface area contributed by atoms with Gasteiger partial charge in [-0.25, -0.2) is 4.98 Å². The Morgan fingerprint density at radius 1 is 1.36 bits per heavy atom. The Morgan fingerprint density at radius 2 is 2.14 bits per heavy atom. The molecule has 6 nitrogen and oxygen atoms in total. The van der Waals surface area contributed by atoms with E-state index < -0.39 is 0 Å². The summed E-state index contributed by atoms with van der Waals surface area (Å²) in [6.45, 7) is 7.67. The third kappa shape index (κ3) is 2.87. The fraction of sp³-hybridized carbons (Fsp3) is 0.438. The van der Waals surface area contributed by atoms with E-state index in [0.29, 0.717) is 11.7 Å². The molecule has 0 saturated carbocycles. The molecule has 0 aliphatic carbocycles. The molecule has 116 valence electrons. The molecule has 0 bridgehead atoms. The van der Waals surface area contributed by atoms with Crippen LogP contribution in [0.1, 0.15) is 18.3 Å². The molecule has 2 heterocycles. The second-order valence-corrected chi connectivity index (χ2v) is 5.97. The van der Waals surface area contributed by atoms with E-state index in [1.165, 1.54) is 0 Å². The number of benzene rings is 1. The van der Waals surface area contributed by atoms with Crippen molar-refractivity contribution >= 4 is 11.6 Å². The molecule has 2 aromatic rings. The molecule has 3 N–H and O–H groups in total. The Labute approximate surface area is 129 Å². The first kappa shape index (κ1) is 14.7. The predicted molar refractivity (Wildman–Crippen MR) is 85.4 cm³/mol. The van der Waals surface area contributed by atoms with Gasteiger partial charge >= 0.3 is 0 Å². The maximum absolute atomic E-state index is 12.4. The van der Waals surface area contributed by atoms with Crippen LogP contribution in [0.3, 0.4) is 0 Å². The summed E-state index contributed by atoms with van der Waals surface area (Å²) in [4.78, 5) is 16.7. The van der Waals surface area contributed by atoms with Crippen LogP contribution in [0, 0.1) is 25.7 Å². The average Bonchev–Trinajstić information content (AvgIpc) is 2.86. The molecule has 1 aromatic heterocycles. The maximum Gasteiger partial charge on any atom is 0.227 e. The quantitative estimate of drug-likeness (QED) is 0.805. The number of nitrogens with one attached hydrogen (secondary N) is 3. The second-order valence-electron chi connectivity index (χ2n) is 5.97. The van der Waals surface area contributed by atoms with Gasteiger partial charge in [-0.3, -0.25) is 9.89 Å². The van der Waals surface area contributed by atoms with Crippen molar-refractivity contribution < 1.29 is 4.79 Å². The number of aryl methyl sites for hydroxylation is 2. The van der Waals surface area contributed by atoms with Gasteiger partial charge < -0.3 is 10.6 Å². The topological polar surface area (TPSA) is 82.7 Å². The maximum atomic E-state index is 12.4. The number of hydrogen-bond acceptors (Lipinski definition) is 4. The van der Waals surface area contributed by atoms with Gasteiger partial charge in [0.2, 0.25) is 5.91 Å². The van der Waals surface area contributed by atoms with E-state index in [2.05, 4.69) is 25.8 Å². The lowest BCUT2D eigenvalue weighted by Crippen LogP contribution is -2.48. The number of aromatic nitrogens is 3. The van der Waals surface area contributed by atoms with Gasteiger partial charge in [0.05, 0.1) is 0 Å². The Morgan fingerprint density at radius 3 is 2.73 bits per heavy atom. The average molecular weight is 299 g/mol. The van der Waals surface area contributed by atoms with Crippen molar-refractivity contribution in [2.24, 2.45) is 11.8 Å². The predicted octanol–water partition coefficient (Wildman–Crippen LogP) is 1.88. The van der Waals surface area contributed by atoms with E-state index in [4.69, 9.17) is 0 Å². The van der Waals surface area contributed by atoms with Crippen molar-refractivity contribution in [3.63, 3.8) is 0 Å². The third-order valence-corrected chi connectivity index (χ3v) is 4.28. The van der Waals surface area contributed by atoms with Crippen molar-refractivity contribution in [3.8, 4) is 11.4 Å². The van der Waals surface area contributed by atoms with Gasteiger partial charge in [-0.15, -0.1) is 0 Å². The van der Waals surface area contributed by atoms with Crippen LogP contribution in [-0.4, -0.2) is 34.2 Å². The summed E-state index contributed by atoms with van der Waals surface area (Å²) in [7, 11) is 0. The molecule has 1 aliphatic heterocycles. The number of H-pyrrole nitrogens is 1. The molecular weight excluding hydrogens is 278 g/mol. The molecular formula is C16H21N5O. The molecule has 1 saturated heterocycles. The number of carbonyl (C=O) groups excluding carboxylic acids is 1. The molecule has 1 atom stereocenters. The lowest BCUT2D eigenvalue weighted by Gasteiger charge is -2.31. The summed E-state index contributed by atoms with van der Waals surface area (Å²) in [6.07, 6.45) is 0. The van der Waals surface area contributed by atoms with E-state index >= 15 is 0 Å². The summed E-state index contributed by atoms with van der Waals surface area (Å²) in [5.74, 6) is 1.92. The number of aromatic amines is 1. The number of anilines is 1. The van der Waals surface area contributed by atoms with E-state index in [0.717, 1.165) is 35.7 Å². The van der Waals surface area contributed by atoms with Crippen LogP contribution in [-0.2, 0) is 4.79 Å². The first-order chi connectivity index (χ1) is 10.5. The van der Waals surface area contributed by atoms with Crippen LogP contribution < -0.4 is 10.6 Å². The van der Waals surface area contributed by atoms with Crippen LogP contribution in [0.2, 0.25) is 0 Å². The fourth-order valence-electron chi connectivity index (χ4n) is 2.49. The van der Waals surface area contributed by atoms with Crippen molar-refractivity contribution in [2.75, 3.05) is 18.4 Å². The SMILES string of the molecule is Cc1nc(-c2ccc(C)c(NC(=O)C(C)C3CNC3)c2)n[nH]1. The minimum atomic E-state index is 0.00931.